The lowest BCUT2D eigenvalue weighted by Gasteiger charge is -2.18. The smallest absolute Gasteiger partial charge is 0.320 e. The first kappa shape index (κ1) is 14.8. The Kier molecular flexibility index (Phi) is 5.39. The van der Waals surface area contributed by atoms with E-state index in [-0.39, 0.29) is 6.54 Å². The summed E-state index contributed by atoms with van der Waals surface area (Å²) in [5.41, 5.74) is 0. The van der Waals surface area contributed by atoms with E-state index >= 15 is 0 Å². The molecular formula is C8H15NO6S. The third-order valence-corrected chi connectivity index (χ3v) is 3.63. The van der Waals surface area contributed by atoms with Crippen LogP contribution in [0.25, 0.3) is 0 Å². The Morgan fingerprint density at radius 1 is 1.44 bits per heavy atom. The zero-order valence-corrected chi connectivity index (χ0v) is 10.2. The maximum absolute atomic E-state index is 11.4. The van der Waals surface area contributed by atoms with Crippen LogP contribution in [0.15, 0.2) is 0 Å². The minimum atomic E-state index is -3.87. The Bertz CT molecular complexity index is 363. The molecule has 0 aromatic rings. The molecule has 0 aliphatic heterocycles. The van der Waals surface area contributed by atoms with Gasteiger partial charge in [0.2, 0.25) is 10.0 Å². The second-order valence-corrected chi connectivity index (χ2v) is 5.43. The number of carboxylic acid groups (broad SMARTS) is 1. The van der Waals surface area contributed by atoms with Crippen molar-refractivity contribution in [2.24, 2.45) is 5.92 Å². The van der Waals surface area contributed by atoms with E-state index in [0.29, 0.717) is 0 Å². The van der Waals surface area contributed by atoms with Crippen molar-refractivity contribution in [3.05, 3.63) is 0 Å². The van der Waals surface area contributed by atoms with Crippen molar-refractivity contribution in [3.8, 4) is 0 Å². The van der Waals surface area contributed by atoms with Crippen LogP contribution in [0, 0.1) is 5.92 Å². The summed E-state index contributed by atoms with van der Waals surface area (Å²) in [6, 6.07) is 0. The van der Waals surface area contributed by atoms with E-state index in [1.165, 1.54) is 21.1 Å². The number of methoxy groups -OCH3 is 1. The van der Waals surface area contributed by atoms with Crippen molar-refractivity contribution in [3.63, 3.8) is 0 Å². The monoisotopic (exact) mass is 253 g/mol. The summed E-state index contributed by atoms with van der Waals surface area (Å²) in [6.07, 6.45) is 0. The van der Waals surface area contributed by atoms with Crippen LogP contribution in [-0.2, 0) is 24.3 Å². The van der Waals surface area contributed by atoms with E-state index in [1.54, 1.807) is 0 Å². The molecule has 0 aliphatic rings. The quantitative estimate of drug-likeness (QED) is 0.618. The second kappa shape index (κ2) is 5.80. The zero-order chi connectivity index (χ0) is 12.9. The number of carboxylic acids is 1. The molecule has 1 atom stereocenters. The number of aliphatic carboxylic acids is 1. The van der Waals surface area contributed by atoms with Crippen LogP contribution in [0.5, 0.6) is 0 Å². The molecule has 0 saturated heterocycles. The van der Waals surface area contributed by atoms with E-state index in [0.717, 1.165) is 4.31 Å². The number of esters is 1. The first-order valence-electron chi connectivity index (χ1n) is 4.44. The fourth-order valence-electron chi connectivity index (χ4n) is 1.04. The van der Waals surface area contributed by atoms with Crippen LogP contribution in [0.3, 0.4) is 0 Å². The molecule has 0 heterocycles. The maximum Gasteiger partial charge on any atom is 0.320 e. The highest BCUT2D eigenvalue weighted by Crippen LogP contribution is 2.05. The van der Waals surface area contributed by atoms with Crippen molar-refractivity contribution >= 4 is 22.0 Å². The summed E-state index contributed by atoms with van der Waals surface area (Å²) < 4.78 is 28.0. The molecule has 0 spiro atoms. The van der Waals surface area contributed by atoms with Crippen LogP contribution in [-0.4, -0.2) is 56.2 Å². The van der Waals surface area contributed by atoms with Crippen LogP contribution in [0.1, 0.15) is 6.92 Å². The average molecular weight is 253 g/mol. The van der Waals surface area contributed by atoms with Crippen molar-refractivity contribution in [2.75, 3.05) is 26.5 Å². The van der Waals surface area contributed by atoms with Gasteiger partial charge in [0.1, 0.15) is 0 Å². The second-order valence-electron chi connectivity index (χ2n) is 3.35. The average Bonchev–Trinajstić information content (AvgIpc) is 2.14. The van der Waals surface area contributed by atoms with Gasteiger partial charge in [-0.1, -0.05) is 6.92 Å². The van der Waals surface area contributed by atoms with Crippen LogP contribution >= 0.6 is 0 Å². The molecule has 1 N–H and O–H groups in total. The Labute approximate surface area is 94.0 Å². The van der Waals surface area contributed by atoms with Gasteiger partial charge in [-0.3, -0.25) is 9.59 Å². The molecule has 0 aromatic heterocycles. The fraction of sp³-hybridized carbons (Fsp3) is 0.750. The third kappa shape index (κ3) is 4.58. The van der Waals surface area contributed by atoms with Crippen molar-refractivity contribution in [1.82, 2.24) is 4.31 Å². The molecule has 94 valence electrons. The first-order valence-corrected chi connectivity index (χ1v) is 6.05. The molecular weight excluding hydrogens is 238 g/mol. The predicted octanol–water partition coefficient (Wildman–Crippen LogP) is -0.858. The van der Waals surface area contributed by atoms with Gasteiger partial charge in [0.15, 0.2) is 5.75 Å². The van der Waals surface area contributed by atoms with Gasteiger partial charge < -0.3 is 9.84 Å². The lowest BCUT2D eigenvalue weighted by atomic mass is 10.2. The molecule has 0 aliphatic carbocycles. The Hall–Kier alpha value is -1.15. The lowest BCUT2D eigenvalue weighted by molar-refractivity contribution is -0.145. The van der Waals surface area contributed by atoms with Gasteiger partial charge in [-0.25, -0.2) is 12.7 Å². The topological polar surface area (TPSA) is 101 Å². The molecule has 0 radical (unpaired) electrons. The lowest BCUT2D eigenvalue weighted by Crippen LogP contribution is -2.37. The third-order valence-electron chi connectivity index (χ3n) is 1.92. The van der Waals surface area contributed by atoms with E-state index in [9.17, 15) is 18.0 Å². The minimum Gasteiger partial charge on any atom is -0.480 e. The van der Waals surface area contributed by atoms with Gasteiger partial charge in [0.05, 0.1) is 13.0 Å². The number of sulfonamides is 1. The summed E-state index contributed by atoms with van der Waals surface area (Å²) in [5.74, 6) is -3.61. The Balaban J connectivity index is 4.52. The van der Waals surface area contributed by atoms with Crippen LogP contribution in [0.2, 0.25) is 0 Å². The normalized spacial score (nSPS) is 13.5. The van der Waals surface area contributed by atoms with Crippen molar-refractivity contribution in [1.29, 1.82) is 0 Å². The predicted molar refractivity (Wildman–Crippen MR) is 55.2 cm³/mol. The molecule has 0 amide bonds. The van der Waals surface area contributed by atoms with Crippen LogP contribution < -0.4 is 0 Å². The fourth-order valence-corrected chi connectivity index (χ4v) is 2.02. The van der Waals surface area contributed by atoms with E-state index in [4.69, 9.17) is 5.11 Å². The molecule has 0 bridgehead atoms. The summed E-state index contributed by atoms with van der Waals surface area (Å²) >= 11 is 0. The van der Waals surface area contributed by atoms with Gasteiger partial charge in [-0.2, -0.15) is 0 Å². The Morgan fingerprint density at radius 2 is 1.94 bits per heavy atom. The molecule has 0 rings (SSSR count). The summed E-state index contributed by atoms with van der Waals surface area (Å²) in [7, 11) is -1.45. The van der Waals surface area contributed by atoms with Crippen LogP contribution in [0.4, 0.5) is 0 Å². The number of hydrogen-bond donors (Lipinski definition) is 1. The molecule has 8 heteroatoms. The molecule has 0 fully saturated rings. The standard InChI is InChI=1S/C8H15NO6S/c1-6(8(12)15-3)4-9(2)16(13,14)5-7(10)11/h6H,4-5H2,1-3H3,(H,10,11). The SMILES string of the molecule is COC(=O)C(C)CN(C)S(=O)(=O)CC(=O)O. The van der Waals surface area contributed by atoms with Gasteiger partial charge in [-0.05, 0) is 0 Å². The maximum atomic E-state index is 11.4. The van der Waals surface area contributed by atoms with E-state index in [2.05, 4.69) is 4.74 Å². The van der Waals surface area contributed by atoms with Gasteiger partial charge in [0, 0.05) is 13.6 Å². The number of nitrogens with zero attached hydrogens (tertiary/aromatic N) is 1. The summed E-state index contributed by atoms with van der Waals surface area (Å²) in [6.45, 7) is 1.39. The number of hydrogen-bond acceptors (Lipinski definition) is 5. The molecule has 1 unspecified atom stereocenters. The molecule has 16 heavy (non-hydrogen) atoms. The number of rotatable bonds is 6. The van der Waals surface area contributed by atoms with Crippen molar-refractivity contribution in [2.45, 2.75) is 6.92 Å². The molecule has 0 aromatic carbocycles. The minimum absolute atomic E-state index is 0.109. The van der Waals surface area contributed by atoms with Gasteiger partial charge >= 0.3 is 11.9 Å². The first-order chi connectivity index (χ1) is 7.20. The number of ether oxygens (including phenoxy) is 1. The van der Waals surface area contributed by atoms with Crippen molar-refractivity contribution < 1.29 is 27.9 Å². The Morgan fingerprint density at radius 3 is 2.31 bits per heavy atom. The summed E-state index contributed by atoms with van der Waals surface area (Å²) in [5, 5.41) is 8.39. The highest BCUT2D eigenvalue weighted by Gasteiger charge is 2.25. The molecule has 0 saturated carbocycles. The van der Waals surface area contributed by atoms with E-state index in [1.807, 2.05) is 0 Å². The molecule has 7 nitrogen and oxygen atoms in total. The van der Waals surface area contributed by atoms with Gasteiger partial charge in [-0.15, -0.1) is 0 Å². The summed E-state index contributed by atoms with van der Waals surface area (Å²) in [4.78, 5) is 21.3. The number of carbonyl (C=O) groups is 2. The van der Waals surface area contributed by atoms with E-state index < -0.39 is 33.6 Å². The largest absolute Gasteiger partial charge is 0.480 e. The highest BCUT2D eigenvalue weighted by atomic mass is 32.2. The zero-order valence-electron chi connectivity index (χ0n) is 9.34. The number of carbonyl (C=O) groups excluding carboxylic acids is 1. The van der Waals surface area contributed by atoms with Gasteiger partial charge in [0.25, 0.3) is 0 Å². The highest BCUT2D eigenvalue weighted by molar-refractivity contribution is 7.89.